The Morgan fingerprint density at radius 2 is 2.14 bits per heavy atom. The molecule has 1 atom stereocenters. The third-order valence-electron chi connectivity index (χ3n) is 3.24. The van der Waals surface area contributed by atoms with Crippen LogP contribution in [0.1, 0.15) is 18.5 Å². The highest BCUT2D eigenvalue weighted by Crippen LogP contribution is 2.19. The summed E-state index contributed by atoms with van der Waals surface area (Å²) in [5, 5.41) is 5.10. The first-order valence-electron chi connectivity index (χ1n) is 6.79. The third-order valence-corrected chi connectivity index (χ3v) is 3.96. The van der Waals surface area contributed by atoms with E-state index in [1.165, 1.54) is 12.1 Å². The molecule has 0 aliphatic rings. The van der Waals surface area contributed by atoms with Gasteiger partial charge in [-0.1, -0.05) is 39.7 Å². The Balaban J connectivity index is 1.90. The van der Waals surface area contributed by atoms with Gasteiger partial charge >= 0.3 is 0 Å². The van der Waals surface area contributed by atoms with E-state index in [4.69, 9.17) is 11.6 Å². The van der Waals surface area contributed by atoms with Crippen molar-refractivity contribution in [2.75, 3.05) is 11.9 Å². The molecule has 0 radical (unpaired) electrons. The average Bonchev–Trinajstić information content (AvgIpc) is 2.47. The van der Waals surface area contributed by atoms with Crippen LogP contribution in [0.3, 0.4) is 0 Å². The predicted molar refractivity (Wildman–Crippen MR) is 89.4 cm³/mol. The van der Waals surface area contributed by atoms with Crippen molar-refractivity contribution < 1.29 is 14.5 Å². The highest BCUT2D eigenvalue weighted by Gasteiger charge is 2.13. The number of hydrogen-bond acceptors (Lipinski definition) is 1. The predicted octanol–water partition coefficient (Wildman–Crippen LogP) is 3.50. The van der Waals surface area contributed by atoms with Crippen molar-refractivity contribution in [1.29, 1.82) is 0 Å². The number of rotatable bonds is 5. The second kappa shape index (κ2) is 7.72. The number of amides is 1. The Labute approximate surface area is 142 Å². The molecule has 0 aromatic heterocycles. The number of carbonyl (C=O) groups is 1. The molecule has 3 nitrogen and oxygen atoms in total. The molecular weight excluding hydrogens is 371 g/mol. The van der Waals surface area contributed by atoms with Gasteiger partial charge < -0.3 is 10.6 Å². The summed E-state index contributed by atoms with van der Waals surface area (Å²) in [6.45, 7) is 2.18. The normalized spacial score (nSPS) is 12.0. The lowest BCUT2D eigenvalue weighted by Gasteiger charge is -2.12. The van der Waals surface area contributed by atoms with Crippen molar-refractivity contribution in [2.45, 2.75) is 13.0 Å². The number of hydrogen-bond donors (Lipinski definition) is 2. The van der Waals surface area contributed by atoms with Gasteiger partial charge in [0.1, 0.15) is 11.9 Å². The quantitative estimate of drug-likeness (QED) is 0.811. The first-order chi connectivity index (χ1) is 10.5. The smallest absolute Gasteiger partial charge is 0.279 e. The average molecular weight is 387 g/mol. The van der Waals surface area contributed by atoms with E-state index in [1.54, 1.807) is 12.1 Å². The van der Waals surface area contributed by atoms with Crippen LogP contribution in [-0.4, -0.2) is 12.5 Å². The Bertz CT molecular complexity index is 681. The molecular formula is C16H16BrClFN2O+. The molecule has 22 heavy (non-hydrogen) atoms. The van der Waals surface area contributed by atoms with Crippen molar-refractivity contribution in [1.82, 2.24) is 0 Å². The minimum absolute atomic E-state index is 0.0826. The fourth-order valence-corrected chi connectivity index (χ4v) is 2.53. The molecule has 2 aromatic rings. The van der Waals surface area contributed by atoms with Gasteiger partial charge in [0.25, 0.3) is 5.91 Å². The maximum absolute atomic E-state index is 13.6. The van der Waals surface area contributed by atoms with Gasteiger partial charge in [-0.05, 0) is 37.3 Å². The highest BCUT2D eigenvalue weighted by molar-refractivity contribution is 9.10. The summed E-state index contributed by atoms with van der Waals surface area (Å²) in [5.74, 6) is -0.722. The number of nitrogens with one attached hydrogen (secondary N) is 1. The summed E-state index contributed by atoms with van der Waals surface area (Å²) in [7, 11) is 0. The van der Waals surface area contributed by atoms with Gasteiger partial charge in [0.05, 0.1) is 5.69 Å². The zero-order chi connectivity index (χ0) is 16.1. The lowest BCUT2D eigenvalue weighted by molar-refractivity contribution is -0.682. The van der Waals surface area contributed by atoms with Gasteiger partial charge in [0, 0.05) is 15.1 Å². The summed E-state index contributed by atoms with van der Waals surface area (Å²) in [5.41, 5.74) is 1.21. The maximum atomic E-state index is 13.6. The van der Waals surface area contributed by atoms with Crippen molar-refractivity contribution in [3.05, 3.63) is 63.3 Å². The summed E-state index contributed by atoms with van der Waals surface area (Å²) < 4.78 is 14.3. The van der Waals surface area contributed by atoms with E-state index in [9.17, 15) is 9.18 Å². The first-order valence-corrected chi connectivity index (χ1v) is 7.96. The number of nitrogens with two attached hydrogens (primary N) is 1. The maximum Gasteiger partial charge on any atom is 0.279 e. The number of anilines is 1. The van der Waals surface area contributed by atoms with Gasteiger partial charge in [-0.15, -0.1) is 0 Å². The fraction of sp³-hybridized carbons (Fsp3) is 0.188. The topological polar surface area (TPSA) is 45.7 Å². The minimum atomic E-state index is -0.467. The summed E-state index contributed by atoms with van der Waals surface area (Å²) in [4.78, 5) is 11.9. The van der Waals surface area contributed by atoms with E-state index in [1.807, 2.05) is 30.4 Å². The second-order valence-corrected chi connectivity index (χ2v) is 6.31. The standard InChI is InChI=1S/C16H15BrClFN2O/c1-10(11-3-2-4-13(18)7-11)20-9-16(22)21-15-6-5-12(17)8-14(15)19/h2-8,10,20H,9H2,1H3,(H,21,22)/p+1/t10-/m0/s1. The highest BCUT2D eigenvalue weighted by atomic mass is 79.9. The fourth-order valence-electron chi connectivity index (χ4n) is 2.00. The number of benzene rings is 2. The Hall–Kier alpha value is -1.43. The zero-order valence-corrected chi connectivity index (χ0v) is 14.3. The van der Waals surface area contributed by atoms with E-state index in [2.05, 4.69) is 21.2 Å². The summed E-state index contributed by atoms with van der Waals surface area (Å²) >= 11 is 9.12. The second-order valence-electron chi connectivity index (χ2n) is 4.96. The zero-order valence-electron chi connectivity index (χ0n) is 11.9. The molecule has 116 valence electrons. The van der Waals surface area contributed by atoms with Gasteiger partial charge in [-0.25, -0.2) is 4.39 Å². The summed E-state index contributed by atoms with van der Waals surface area (Å²) in [6, 6.07) is 12.1. The number of carbonyl (C=O) groups excluding carboxylic acids is 1. The Morgan fingerprint density at radius 3 is 2.82 bits per heavy atom. The Morgan fingerprint density at radius 1 is 1.36 bits per heavy atom. The molecule has 0 saturated heterocycles. The van der Waals surface area contributed by atoms with E-state index in [-0.39, 0.29) is 24.2 Å². The molecule has 2 rings (SSSR count). The monoisotopic (exact) mass is 385 g/mol. The molecule has 1 amide bonds. The van der Waals surface area contributed by atoms with Crippen LogP contribution in [0.15, 0.2) is 46.9 Å². The van der Waals surface area contributed by atoms with Gasteiger partial charge in [0.2, 0.25) is 0 Å². The van der Waals surface area contributed by atoms with Gasteiger partial charge in [0.15, 0.2) is 6.54 Å². The summed E-state index contributed by atoms with van der Waals surface area (Å²) in [6.07, 6.45) is 0. The van der Waals surface area contributed by atoms with E-state index in [0.29, 0.717) is 9.50 Å². The molecule has 0 heterocycles. The van der Waals surface area contributed by atoms with Crippen LogP contribution in [0.25, 0.3) is 0 Å². The molecule has 6 heteroatoms. The Kier molecular flexibility index (Phi) is 5.94. The molecule has 0 spiro atoms. The van der Waals surface area contributed by atoms with Gasteiger partial charge in [-0.3, -0.25) is 4.79 Å². The van der Waals surface area contributed by atoms with Crippen LogP contribution >= 0.6 is 27.5 Å². The van der Waals surface area contributed by atoms with E-state index < -0.39 is 5.82 Å². The van der Waals surface area contributed by atoms with Crippen LogP contribution in [0.5, 0.6) is 0 Å². The first kappa shape index (κ1) is 16.9. The van der Waals surface area contributed by atoms with Crippen LogP contribution < -0.4 is 10.6 Å². The number of quaternary nitrogens is 1. The van der Waals surface area contributed by atoms with E-state index in [0.717, 1.165) is 5.56 Å². The van der Waals surface area contributed by atoms with Crippen molar-refractivity contribution >= 4 is 39.1 Å². The van der Waals surface area contributed by atoms with Crippen molar-refractivity contribution in [2.24, 2.45) is 0 Å². The molecule has 2 aromatic carbocycles. The lowest BCUT2D eigenvalue weighted by atomic mass is 10.1. The van der Waals surface area contributed by atoms with Crippen LogP contribution in [0.2, 0.25) is 5.02 Å². The lowest BCUT2D eigenvalue weighted by Crippen LogP contribution is -2.86. The SMILES string of the molecule is C[C@H]([NH2+]CC(=O)Nc1ccc(Br)cc1F)c1cccc(Cl)c1. The molecule has 0 unspecified atom stereocenters. The molecule has 0 fully saturated rings. The molecule has 0 saturated carbocycles. The largest absolute Gasteiger partial charge is 0.333 e. The van der Waals surface area contributed by atoms with Crippen LogP contribution in [-0.2, 0) is 4.79 Å². The van der Waals surface area contributed by atoms with Crippen LogP contribution in [0, 0.1) is 5.82 Å². The molecule has 0 aliphatic heterocycles. The minimum Gasteiger partial charge on any atom is -0.333 e. The van der Waals surface area contributed by atoms with E-state index >= 15 is 0 Å². The number of halogens is 3. The van der Waals surface area contributed by atoms with Crippen molar-refractivity contribution in [3.8, 4) is 0 Å². The molecule has 3 N–H and O–H groups in total. The van der Waals surface area contributed by atoms with Crippen molar-refractivity contribution in [3.63, 3.8) is 0 Å². The molecule has 0 aliphatic carbocycles. The third kappa shape index (κ3) is 4.80. The molecule has 0 bridgehead atoms. The van der Waals surface area contributed by atoms with Crippen LogP contribution in [0.4, 0.5) is 10.1 Å². The van der Waals surface area contributed by atoms with Gasteiger partial charge in [-0.2, -0.15) is 0 Å².